The van der Waals surface area contributed by atoms with Crippen LogP contribution in [0.4, 0.5) is 24.5 Å². The van der Waals surface area contributed by atoms with E-state index in [1.54, 1.807) is 0 Å². The number of hydrogen-bond donors (Lipinski definition) is 2. The summed E-state index contributed by atoms with van der Waals surface area (Å²) in [6.45, 7) is 0. The van der Waals surface area contributed by atoms with Gasteiger partial charge in [-0.1, -0.05) is 23.2 Å². The van der Waals surface area contributed by atoms with Crippen molar-refractivity contribution in [3.8, 4) is 11.5 Å². The Balaban J connectivity index is 2.35. The molecule has 0 spiro atoms. The van der Waals surface area contributed by atoms with Gasteiger partial charge in [0.15, 0.2) is 0 Å². The van der Waals surface area contributed by atoms with Crippen molar-refractivity contribution in [2.45, 2.75) is 6.18 Å². The van der Waals surface area contributed by atoms with Crippen LogP contribution in [-0.4, -0.2) is 0 Å². The summed E-state index contributed by atoms with van der Waals surface area (Å²) in [5.74, 6) is 0.167. The number of ether oxygens (including phenoxy) is 1. The lowest BCUT2D eigenvalue weighted by atomic mass is 10.2. The third kappa shape index (κ3) is 3.46. The maximum atomic E-state index is 12.5. The molecule has 0 radical (unpaired) electrons. The molecule has 0 aliphatic heterocycles. The molecule has 0 fully saturated rings. The van der Waals surface area contributed by atoms with Gasteiger partial charge in [0.25, 0.3) is 0 Å². The van der Waals surface area contributed by atoms with Crippen molar-refractivity contribution in [1.29, 1.82) is 0 Å². The minimum absolute atomic E-state index is 0.0238. The molecule has 2 aromatic carbocycles. The molecule has 0 aliphatic carbocycles. The summed E-state index contributed by atoms with van der Waals surface area (Å²) in [6, 6.07) is 5.48. The maximum absolute atomic E-state index is 12.5. The third-order valence-corrected chi connectivity index (χ3v) is 3.21. The van der Waals surface area contributed by atoms with E-state index in [0.717, 1.165) is 18.2 Å². The molecule has 21 heavy (non-hydrogen) atoms. The predicted molar refractivity (Wildman–Crippen MR) is 76.8 cm³/mol. The number of hydrogen-bond acceptors (Lipinski definition) is 3. The van der Waals surface area contributed by atoms with E-state index >= 15 is 0 Å². The van der Waals surface area contributed by atoms with Gasteiger partial charge in [-0.3, -0.25) is 0 Å². The lowest BCUT2D eigenvalue weighted by Crippen LogP contribution is -2.04. The summed E-state index contributed by atoms with van der Waals surface area (Å²) < 4.78 is 43.0. The molecule has 0 bridgehead atoms. The SMILES string of the molecule is Nc1cc(Cl)c(Oc2ccc(C(F)(F)F)cc2Cl)cc1N. The van der Waals surface area contributed by atoms with Crippen molar-refractivity contribution in [2.75, 3.05) is 11.5 Å². The number of benzene rings is 2. The molecule has 2 rings (SSSR count). The van der Waals surface area contributed by atoms with Crippen molar-refractivity contribution in [1.82, 2.24) is 0 Å². The first kappa shape index (κ1) is 15.6. The maximum Gasteiger partial charge on any atom is 0.416 e. The van der Waals surface area contributed by atoms with E-state index in [-0.39, 0.29) is 32.9 Å². The van der Waals surface area contributed by atoms with Gasteiger partial charge in [-0.15, -0.1) is 0 Å². The number of nitrogen functional groups attached to an aromatic ring is 2. The third-order valence-electron chi connectivity index (χ3n) is 2.62. The van der Waals surface area contributed by atoms with Crippen LogP contribution >= 0.6 is 23.2 Å². The average Bonchev–Trinajstić information content (AvgIpc) is 2.36. The molecule has 4 N–H and O–H groups in total. The lowest BCUT2D eigenvalue weighted by molar-refractivity contribution is -0.137. The Bertz CT molecular complexity index is 690. The highest BCUT2D eigenvalue weighted by atomic mass is 35.5. The fourth-order valence-electron chi connectivity index (χ4n) is 1.54. The van der Waals surface area contributed by atoms with Crippen molar-refractivity contribution < 1.29 is 17.9 Å². The van der Waals surface area contributed by atoms with E-state index in [2.05, 4.69) is 0 Å². The van der Waals surface area contributed by atoms with Gasteiger partial charge in [0, 0.05) is 6.07 Å². The number of rotatable bonds is 2. The van der Waals surface area contributed by atoms with Gasteiger partial charge in [0.05, 0.1) is 27.0 Å². The van der Waals surface area contributed by atoms with Gasteiger partial charge >= 0.3 is 6.18 Å². The van der Waals surface area contributed by atoms with Crippen molar-refractivity contribution in [3.05, 3.63) is 45.9 Å². The van der Waals surface area contributed by atoms with Crippen LogP contribution in [0.2, 0.25) is 10.0 Å². The quantitative estimate of drug-likeness (QED) is 0.761. The molecule has 0 heterocycles. The number of halogens is 5. The molecule has 0 saturated carbocycles. The van der Waals surface area contributed by atoms with Crippen LogP contribution in [0.15, 0.2) is 30.3 Å². The Hall–Kier alpha value is -1.79. The van der Waals surface area contributed by atoms with Gasteiger partial charge in [0.2, 0.25) is 0 Å². The first-order chi connectivity index (χ1) is 9.68. The molecule has 0 aliphatic rings. The van der Waals surface area contributed by atoms with Crippen LogP contribution in [-0.2, 0) is 6.18 Å². The lowest BCUT2D eigenvalue weighted by Gasteiger charge is -2.13. The topological polar surface area (TPSA) is 61.3 Å². The molecule has 0 atom stereocenters. The molecule has 112 valence electrons. The zero-order valence-corrected chi connectivity index (χ0v) is 11.9. The van der Waals surface area contributed by atoms with E-state index in [1.807, 2.05) is 0 Å². The molecule has 2 aromatic rings. The van der Waals surface area contributed by atoms with Gasteiger partial charge in [-0.05, 0) is 24.3 Å². The first-order valence-electron chi connectivity index (χ1n) is 5.57. The van der Waals surface area contributed by atoms with Crippen LogP contribution in [0.25, 0.3) is 0 Å². The van der Waals surface area contributed by atoms with Crippen LogP contribution in [0.5, 0.6) is 11.5 Å². The number of alkyl halides is 3. The zero-order valence-electron chi connectivity index (χ0n) is 10.3. The first-order valence-corrected chi connectivity index (χ1v) is 6.33. The van der Waals surface area contributed by atoms with Gasteiger partial charge in [-0.25, -0.2) is 0 Å². The monoisotopic (exact) mass is 336 g/mol. The summed E-state index contributed by atoms with van der Waals surface area (Å²) in [6.07, 6.45) is -4.48. The van der Waals surface area contributed by atoms with E-state index in [0.29, 0.717) is 0 Å². The van der Waals surface area contributed by atoms with E-state index in [4.69, 9.17) is 39.4 Å². The summed E-state index contributed by atoms with van der Waals surface area (Å²) >= 11 is 11.7. The van der Waals surface area contributed by atoms with E-state index in [1.165, 1.54) is 12.1 Å². The summed E-state index contributed by atoms with van der Waals surface area (Å²) in [5, 5.41) is -0.0334. The standard InChI is InChI=1S/C13H9Cl2F3N2O/c14-7-3-6(13(16,17)18)1-2-11(7)21-12-5-10(20)9(19)4-8(12)15/h1-5H,19-20H2. The van der Waals surface area contributed by atoms with Crippen LogP contribution in [0.3, 0.4) is 0 Å². The van der Waals surface area contributed by atoms with Gasteiger partial charge in [-0.2, -0.15) is 13.2 Å². The molecule has 0 aromatic heterocycles. The Kier molecular flexibility index (Phi) is 4.11. The van der Waals surface area contributed by atoms with Crippen molar-refractivity contribution in [3.63, 3.8) is 0 Å². The Morgan fingerprint density at radius 2 is 1.43 bits per heavy atom. The Morgan fingerprint density at radius 1 is 0.857 bits per heavy atom. The highest BCUT2D eigenvalue weighted by Gasteiger charge is 2.31. The van der Waals surface area contributed by atoms with Crippen LogP contribution in [0, 0.1) is 0 Å². The largest absolute Gasteiger partial charge is 0.454 e. The molecular weight excluding hydrogens is 328 g/mol. The highest BCUT2D eigenvalue weighted by molar-refractivity contribution is 6.33. The van der Waals surface area contributed by atoms with E-state index in [9.17, 15) is 13.2 Å². The second kappa shape index (κ2) is 5.54. The molecule has 0 saturated heterocycles. The molecule has 8 heteroatoms. The zero-order chi connectivity index (χ0) is 15.8. The molecule has 0 amide bonds. The minimum atomic E-state index is -4.48. The smallest absolute Gasteiger partial charge is 0.416 e. The summed E-state index contributed by atoms with van der Waals surface area (Å²) in [7, 11) is 0. The van der Waals surface area contributed by atoms with Crippen LogP contribution < -0.4 is 16.2 Å². The van der Waals surface area contributed by atoms with Gasteiger partial charge < -0.3 is 16.2 Å². The number of nitrogens with two attached hydrogens (primary N) is 2. The molecule has 3 nitrogen and oxygen atoms in total. The number of anilines is 2. The van der Waals surface area contributed by atoms with Crippen molar-refractivity contribution in [2.24, 2.45) is 0 Å². The second-order valence-corrected chi connectivity index (χ2v) is 4.97. The second-order valence-electron chi connectivity index (χ2n) is 4.16. The Morgan fingerprint density at radius 3 is 2.00 bits per heavy atom. The van der Waals surface area contributed by atoms with Gasteiger partial charge in [0.1, 0.15) is 11.5 Å². The minimum Gasteiger partial charge on any atom is -0.454 e. The van der Waals surface area contributed by atoms with Crippen LogP contribution in [0.1, 0.15) is 5.56 Å². The average molecular weight is 337 g/mol. The summed E-state index contributed by atoms with van der Waals surface area (Å²) in [4.78, 5) is 0. The molecule has 0 unspecified atom stereocenters. The summed E-state index contributed by atoms with van der Waals surface area (Å²) in [5.41, 5.74) is 10.8. The fraction of sp³-hybridized carbons (Fsp3) is 0.0769. The highest BCUT2D eigenvalue weighted by Crippen LogP contribution is 2.39. The van der Waals surface area contributed by atoms with Crippen molar-refractivity contribution >= 4 is 34.6 Å². The molecular formula is C13H9Cl2F3N2O. The normalized spacial score (nSPS) is 11.5. The Labute approximate surface area is 128 Å². The predicted octanol–water partition coefficient (Wildman–Crippen LogP) is 4.97. The van der Waals surface area contributed by atoms with E-state index < -0.39 is 11.7 Å². The fourth-order valence-corrected chi connectivity index (χ4v) is 1.97.